The van der Waals surface area contributed by atoms with Crippen LogP contribution in [0.15, 0.2) is 77.7 Å². The molecule has 0 aliphatic heterocycles. The quantitative estimate of drug-likeness (QED) is 0.258. The van der Waals surface area contributed by atoms with E-state index in [2.05, 4.69) is 9.97 Å². The number of carbonyl (C=O) groups is 1. The predicted molar refractivity (Wildman–Crippen MR) is 118 cm³/mol. The van der Waals surface area contributed by atoms with Crippen molar-refractivity contribution in [2.45, 2.75) is 0 Å². The summed E-state index contributed by atoms with van der Waals surface area (Å²) in [4.78, 5) is 32.6. The van der Waals surface area contributed by atoms with Gasteiger partial charge in [0.2, 0.25) is 0 Å². The van der Waals surface area contributed by atoms with Gasteiger partial charge in [-0.1, -0.05) is 59.6 Å². The van der Waals surface area contributed by atoms with Gasteiger partial charge in [0.05, 0.1) is 5.56 Å². The van der Waals surface area contributed by atoms with Crippen molar-refractivity contribution in [3.05, 3.63) is 105 Å². The zero-order valence-corrected chi connectivity index (χ0v) is 16.5. The Balaban J connectivity index is 1.89. The minimum absolute atomic E-state index is 0.0733. The largest absolute Gasteiger partial charge is 0.321 e. The number of rotatable bonds is 4. The molecule has 2 aromatic carbocycles. The van der Waals surface area contributed by atoms with Crippen LogP contribution in [0.1, 0.15) is 15.9 Å². The third-order valence-electron chi connectivity index (χ3n) is 4.48. The lowest BCUT2D eigenvalue weighted by Gasteiger charge is -2.11. The third-order valence-corrected chi connectivity index (χ3v) is 4.95. The standard InChI is InChI=1S/C23H14Cl2N2O2/c24-16-9-7-15(8-10-16)21-17-3-1-2-4-18(17)27-23(29)22(21)19(28)11-5-14-6-12-20(25)26-13-14/h1-13H,(H,27,29)/b11-5+. The average Bonchev–Trinajstić information content (AvgIpc) is 2.73. The van der Waals surface area contributed by atoms with Crippen LogP contribution in [0.3, 0.4) is 0 Å². The Bertz CT molecular complexity index is 1290. The van der Waals surface area contributed by atoms with Gasteiger partial charge in [0, 0.05) is 27.7 Å². The molecule has 0 spiro atoms. The van der Waals surface area contributed by atoms with Crippen molar-refractivity contribution >= 4 is 46.0 Å². The van der Waals surface area contributed by atoms with E-state index in [4.69, 9.17) is 23.2 Å². The molecular formula is C23H14Cl2N2O2. The fourth-order valence-electron chi connectivity index (χ4n) is 3.14. The molecule has 4 nitrogen and oxygen atoms in total. The van der Waals surface area contributed by atoms with E-state index >= 15 is 0 Å². The Kier molecular flexibility index (Phi) is 5.30. The molecule has 0 amide bonds. The van der Waals surface area contributed by atoms with E-state index in [-0.39, 0.29) is 5.56 Å². The number of para-hydroxylation sites is 1. The van der Waals surface area contributed by atoms with Crippen LogP contribution in [-0.4, -0.2) is 15.8 Å². The highest BCUT2D eigenvalue weighted by Gasteiger charge is 2.19. The summed E-state index contributed by atoms with van der Waals surface area (Å²) >= 11 is 11.8. The number of nitrogens with one attached hydrogen (secondary N) is 1. The van der Waals surface area contributed by atoms with Crippen LogP contribution in [0.4, 0.5) is 0 Å². The Morgan fingerprint density at radius 2 is 1.72 bits per heavy atom. The smallest absolute Gasteiger partial charge is 0.260 e. The number of aromatic nitrogens is 2. The van der Waals surface area contributed by atoms with Crippen LogP contribution in [0, 0.1) is 0 Å². The molecule has 4 aromatic rings. The molecule has 0 atom stereocenters. The monoisotopic (exact) mass is 420 g/mol. The summed E-state index contributed by atoms with van der Waals surface area (Å²) in [5.41, 5.74) is 2.30. The van der Waals surface area contributed by atoms with Gasteiger partial charge in [-0.25, -0.2) is 4.98 Å². The van der Waals surface area contributed by atoms with E-state index < -0.39 is 11.3 Å². The Labute approximate surface area is 176 Å². The van der Waals surface area contributed by atoms with E-state index in [1.165, 1.54) is 6.08 Å². The number of benzene rings is 2. The second-order valence-corrected chi connectivity index (χ2v) is 7.19. The van der Waals surface area contributed by atoms with Crippen molar-refractivity contribution in [2.24, 2.45) is 0 Å². The van der Waals surface area contributed by atoms with Gasteiger partial charge in [0.15, 0.2) is 5.78 Å². The van der Waals surface area contributed by atoms with E-state index in [1.807, 2.05) is 18.2 Å². The maximum Gasteiger partial charge on any atom is 0.260 e. The SMILES string of the molecule is O=C(/C=C/c1ccc(Cl)nc1)c1c(-c2ccc(Cl)cc2)c2ccccc2[nH]c1=O. The highest BCUT2D eigenvalue weighted by molar-refractivity contribution is 6.30. The third kappa shape index (κ3) is 3.99. The fraction of sp³-hybridized carbons (Fsp3) is 0. The number of pyridine rings is 2. The number of carbonyl (C=O) groups excluding carboxylic acids is 1. The van der Waals surface area contributed by atoms with E-state index in [1.54, 1.807) is 54.7 Å². The first-order chi connectivity index (χ1) is 14.0. The van der Waals surface area contributed by atoms with Crippen LogP contribution in [0.5, 0.6) is 0 Å². The number of halogens is 2. The highest BCUT2D eigenvalue weighted by atomic mass is 35.5. The molecule has 0 radical (unpaired) electrons. The van der Waals surface area contributed by atoms with Gasteiger partial charge >= 0.3 is 0 Å². The van der Waals surface area contributed by atoms with Crippen LogP contribution < -0.4 is 5.56 Å². The number of hydrogen-bond donors (Lipinski definition) is 1. The van der Waals surface area contributed by atoms with Gasteiger partial charge in [-0.2, -0.15) is 0 Å². The number of hydrogen-bond acceptors (Lipinski definition) is 3. The van der Waals surface area contributed by atoms with Crippen molar-refractivity contribution in [1.82, 2.24) is 9.97 Å². The molecule has 6 heteroatoms. The van der Waals surface area contributed by atoms with Gasteiger partial charge in [0.25, 0.3) is 5.56 Å². The molecule has 29 heavy (non-hydrogen) atoms. The summed E-state index contributed by atoms with van der Waals surface area (Å²) < 4.78 is 0. The molecule has 0 aliphatic rings. The van der Waals surface area contributed by atoms with E-state index in [0.29, 0.717) is 26.8 Å². The highest BCUT2D eigenvalue weighted by Crippen LogP contribution is 2.30. The summed E-state index contributed by atoms with van der Waals surface area (Å²) in [6.45, 7) is 0. The molecule has 4 rings (SSSR count). The Morgan fingerprint density at radius 3 is 2.45 bits per heavy atom. The van der Waals surface area contributed by atoms with E-state index in [0.717, 1.165) is 10.9 Å². The average molecular weight is 421 g/mol. The van der Waals surface area contributed by atoms with Crippen LogP contribution >= 0.6 is 23.2 Å². The van der Waals surface area contributed by atoms with Crippen molar-refractivity contribution in [3.63, 3.8) is 0 Å². The molecule has 1 N–H and O–H groups in total. The van der Waals surface area contributed by atoms with Gasteiger partial charge in [-0.3, -0.25) is 9.59 Å². The summed E-state index contributed by atoms with van der Waals surface area (Å²) in [6.07, 6.45) is 4.52. The van der Waals surface area contributed by atoms with Crippen molar-refractivity contribution in [3.8, 4) is 11.1 Å². The molecule has 0 fully saturated rings. The molecule has 2 heterocycles. The Morgan fingerprint density at radius 1 is 0.966 bits per heavy atom. The minimum Gasteiger partial charge on any atom is -0.321 e. The first-order valence-electron chi connectivity index (χ1n) is 8.78. The van der Waals surface area contributed by atoms with Gasteiger partial charge < -0.3 is 4.98 Å². The lowest BCUT2D eigenvalue weighted by atomic mass is 9.94. The topological polar surface area (TPSA) is 62.8 Å². The number of H-pyrrole nitrogens is 1. The first kappa shape index (κ1) is 19.1. The first-order valence-corrected chi connectivity index (χ1v) is 9.53. The maximum atomic E-state index is 13.0. The summed E-state index contributed by atoms with van der Waals surface area (Å²) in [7, 11) is 0. The van der Waals surface area contributed by atoms with Crippen molar-refractivity contribution in [2.75, 3.05) is 0 Å². The molecule has 2 aromatic heterocycles. The van der Waals surface area contributed by atoms with Crippen LogP contribution in [0.2, 0.25) is 10.2 Å². The van der Waals surface area contributed by atoms with Crippen LogP contribution in [0.25, 0.3) is 28.1 Å². The van der Waals surface area contributed by atoms with Crippen LogP contribution in [-0.2, 0) is 0 Å². The molecule has 0 bridgehead atoms. The second kappa shape index (κ2) is 8.03. The number of allylic oxidation sites excluding steroid dienone is 1. The van der Waals surface area contributed by atoms with Gasteiger partial charge in [-0.05, 0) is 47.5 Å². The minimum atomic E-state index is -0.447. The molecule has 0 aliphatic carbocycles. The predicted octanol–water partition coefficient (Wildman–Crippen LogP) is 5.79. The molecular weight excluding hydrogens is 407 g/mol. The lowest BCUT2D eigenvalue weighted by Crippen LogP contribution is -2.18. The molecule has 0 saturated heterocycles. The number of fused-ring (bicyclic) bond motifs is 1. The number of nitrogens with zero attached hydrogens (tertiary/aromatic N) is 1. The molecule has 0 saturated carbocycles. The molecule has 142 valence electrons. The zero-order chi connectivity index (χ0) is 20.4. The van der Waals surface area contributed by atoms with Crippen molar-refractivity contribution < 1.29 is 4.79 Å². The van der Waals surface area contributed by atoms with Gasteiger partial charge in [-0.15, -0.1) is 0 Å². The second-order valence-electron chi connectivity index (χ2n) is 6.37. The summed E-state index contributed by atoms with van der Waals surface area (Å²) in [5.74, 6) is -0.406. The lowest BCUT2D eigenvalue weighted by molar-refractivity contribution is 0.104. The normalized spacial score (nSPS) is 11.2. The van der Waals surface area contributed by atoms with Crippen molar-refractivity contribution in [1.29, 1.82) is 0 Å². The van der Waals surface area contributed by atoms with E-state index in [9.17, 15) is 9.59 Å². The number of ketones is 1. The maximum absolute atomic E-state index is 13.0. The molecule has 0 unspecified atom stereocenters. The summed E-state index contributed by atoms with van der Waals surface area (Å²) in [5, 5.41) is 1.72. The zero-order valence-electron chi connectivity index (χ0n) is 15.0. The fourth-order valence-corrected chi connectivity index (χ4v) is 3.37. The summed E-state index contributed by atoms with van der Waals surface area (Å²) in [6, 6.07) is 17.8. The number of aromatic amines is 1. The Hall–Kier alpha value is -3.21. The van der Waals surface area contributed by atoms with Gasteiger partial charge in [0.1, 0.15) is 5.15 Å².